The molecule has 1 saturated heterocycles. The van der Waals surface area contributed by atoms with E-state index in [0.29, 0.717) is 24.8 Å². The molecule has 7 nitrogen and oxygen atoms in total. The summed E-state index contributed by atoms with van der Waals surface area (Å²) < 4.78 is 0. The first-order valence-corrected chi connectivity index (χ1v) is 10.5. The van der Waals surface area contributed by atoms with E-state index in [4.69, 9.17) is 0 Å². The number of hydrogen-bond acceptors (Lipinski definition) is 4. The molecule has 3 rings (SSSR count). The van der Waals surface area contributed by atoms with Crippen molar-refractivity contribution in [2.24, 2.45) is 5.92 Å². The fraction of sp³-hybridized carbons (Fsp3) is 0.333. The van der Waals surface area contributed by atoms with Crippen LogP contribution in [-0.2, 0) is 20.8 Å². The Labute approximate surface area is 181 Å². The molecule has 1 aliphatic heterocycles. The highest BCUT2D eigenvalue weighted by molar-refractivity contribution is 5.98. The number of rotatable bonds is 9. The maximum absolute atomic E-state index is 13.0. The van der Waals surface area contributed by atoms with Crippen molar-refractivity contribution in [3.8, 4) is 0 Å². The zero-order valence-electron chi connectivity index (χ0n) is 17.3. The van der Waals surface area contributed by atoms with Crippen LogP contribution < -0.4 is 16.0 Å². The molecule has 1 aliphatic rings. The van der Waals surface area contributed by atoms with Gasteiger partial charge in [0.05, 0.1) is 6.04 Å². The molecule has 0 saturated carbocycles. The van der Waals surface area contributed by atoms with Crippen LogP contribution in [0.15, 0.2) is 60.7 Å². The molecule has 1 heterocycles. The van der Waals surface area contributed by atoms with Gasteiger partial charge in [-0.3, -0.25) is 14.4 Å². The van der Waals surface area contributed by atoms with Crippen molar-refractivity contribution in [1.29, 1.82) is 0 Å². The highest BCUT2D eigenvalue weighted by Gasteiger charge is 2.28. The zero-order chi connectivity index (χ0) is 22.1. The minimum Gasteiger partial charge on any atom is -0.356 e. The molecule has 7 heteroatoms. The van der Waals surface area contributed by atoms with E-state index in [0.717, 1.165) is 12.0 Å². The molecular formula is C24H27N3O4. The van der Waals surface area contributed by atoms with E-state index in [1.807, 2.05) is 30.3 Å². The first-order chi connectivity index (χ1) is 15.1. The summed E-state index contributed by atoms with van der Waals surface area (Å²) in [4.78, 5) is 49.3. The van der Waals surface area contributed by atoms with Gasteiger partial charge in [0.15, 0.2) is 0 Å². The standard InChI is InChI=1S/C24H27N3O4/c28-16-20(15-19-12-7-13-25-22(19)29)26-24(31)21(14-17-8-3-1-4-9-17)27-23(30)18-10-5-2-6-11-18/h1-6,8-11,16,19-21H,7,12-15H2,(H,25,29)(H,26,31)(H,27,30)/t19-,20-,21-/m0/s1. The number of benzene rings is 2. The predicted molar refractivity (Wildman–Crippen MR) is 116 cm³/mol. The SMILES string of the molecule is O=C[C@H](C[C@@H]1CCCNC1=O)NC(=O)[C@H](Cc1ccccc1)NC(=O)c1ccccc1. The lowest BCUT2D eigenvalue weighted by atomic mass is 9.92. The fourth-order valence-electron chi connectivity index (χ4n) is 3.69. The quantitative estimate of drug-likeness (QED) is 0.535. The molecule has 0 unspecified atom stereocenters. The summed E-state index contributed by atoms with van der Waals surface area (Å²) in [5.41, 5.74) is 1.32. The maximum Gasteiger partial charge on any atom is 0.251 e. The summed E-state index contributed by atoms with van der Waals surface area (Å²) in [6, 6.07) is 16.3. The van der Waals surface area contributed by atoms with Crippen LogP contribution in [0.1, 0.15) is 35.2 Å². The molecular weight excluding hydrogens is 394 g/mol. The molecule has 162 valence electrons. The highest BCUT2D eigenvalue weighted by Crippen LogP contribution is 2.17. The van der Waals surface area contributed by atoms with Gasteiger partial charge in [0.2, 0.25) is 11.8 Å². The second-order valence-corrected chi connectivity index (χ2v) is 7.70. The lowest BCUT2D eigenvalue weighted by Gasteiger charge is -2.26. The number of amides is 3. The number of nitrogens with one attached hydrogen (secondary N) is 3. The van der Waals surface area contributed by atoms with Gasteiger partial charge in [0.1, 0.15) is 12.3 Å². The second-order valence-electron chi connectivity index (χ2n) is 7.70. The van der Waals surface area contributed by atoms with Crippen LogP contribution >= 0.6 is 0 Å². The minimum absolute atomic E-state index is 0.0921. The Bertz CT molecular complexity index is 902. The van der Waals surface area contributed by atoms with Crippen LogP contribution in [0.4, 0.5) is 0 Å². The Morgan fingerprint density at radius 2 is 1.71 bits per heavy atom. The number of piperidine rings is 1. The second kappa shape index (κ2) is 11.1. The Morgan fingerprint density at radius 3 is 2.35 bits per heavy atom. The first kappa shape index (κ1) is 22.2. The normalized spacial score (nSPS) is 17.7. The first-order valence-electron chi connectivity index (χ1n) is 10.5. The number of hydrogen-bond donors (Lipinski definition) is 3. The van der Waals surface area contributed by atoms with Crippen LogP contribution in [0, 0.1) is 5.92 Å². The fourth-order valence-corrected chi connectivity index (χ4v) is 3.69. The third-order valence-corrected chi connectivity index (χ3v) is 5.37. The summed E-state index contributed by atoms with van der Waals surface area (Å²) >= 11 is 0. The van der Waals surface area contributed by atoms with Gasteiger partial charge in [-0.25, -0.2) is 0 Å². The Morgan fingerprint density at radius 1 is 1.03 bits per heavy atom. The van der Waals surface area contributed by atoms with E-state index in [9.17, 15) is 19.2 Å². The number of carbonyl (C=O) groups is 4. The lowest BCUT2D eigenvalue weighted by Crippen LogP contribution is -2.52. The Hall–Kier alpha value is -3.48. The Balaban J connectivity index is 1.70. The van der Waals surface area contributed by atoms with Gasteiger partial charge >= 0.3 is 0 Å². The van der Waals surface area contributed by atoms with Gasteiger partial charge < -0.3 is 20.7 Å². The van der Waals surface area contributed by atoms with Crippen molar-refractivity contribution in [3.05, 3.63) is 71.8 Å². The lowest BCUT2D eigenvalue weighted by molar-refractivity contribution is -0.129. The maximum atomic E-state index is 13.0. The van der Waals surface area contributed by atoms with Crippen LogP contribution in [0.25, 0.3) is 0 Å². The molecule has 2 aromatic carbocycles. The topological polar surface area (TPSA) is 104 Å². The van der Waals surface area contributed by atoms with E-state index in [1.54, 1.807) is 30.3 Å². The summed E-state index contributed by atoms with van der Waals surface area (Å²) in [5.74, 6) is -1.23. The molecule has 0 aromatic heterocycles. The van der Waals surface area contributed by atoms with Crippen molar-refractivity contribution in [3.63, 3.8) is 0 Å². The summed E-state index contributed by atoms with van der Waals surface area (Å²) in [6.07, 6.45) is 2.70. The number of carbonyl (C=O) groups excluding carboxylic acids is 4. The monoisotopic (exact) mass is 421 g/mol. The number of aldehydes is 1. The van der Waals surface area contributed by atoms with E-state index in [2.05, 4.69) is 16.0 Å². The summed E-state index contributed by atoms with van der Waals surface area (Å²) in [7, 11) is 0. The highest BCUT2D eigenvalue weighted by atomic mass is 16.2. The molecule has 3 N–H and O–H groups in total. The van der Waals surface area contributed by atoms with Crippen LogP contribution in [0.3, 0.4) is 0 Å². The van der Waals surface area contributed by atoms with Crippen LogP contribution in [0.5, 0.6) is 0 Å². The van der Waals surface area contributed by atoms with Crippen molar-refractivity contribution in [2.75, 3.05) is 6.54 Å². The third kappa shape index (κ3) is 6.50. The van der Waals surface area contributed by atoms with Crippen molar-refractivity contribution < 1.29 is 19.2 Å². The van der Waals surface area contributed by atoms with E-state index >= 15 is 0 Å². The zero-order valence-corrected chi connectivity index (χ0v) is 17.3. The molecule has 0 aliphatic carbocycles. The van der Waals surface area contributed by atoms with E-state index in [-0.39, 0.29) is 30.6 Å². The van der Waals surface area contributed by atoms with Crippen LogP contribution in [0.2, 0.25) is 0 Å². The van der Waals surface area contributed by atoms with Gasteiger partial charge in [0.25, 0.3) is 5.91 Å². The van der Waals surface area contributed by atoms with Crippen molar-refractivity contribution in [2.45, 2.75) is 37.8 Å². The largest absolute Gasteiger partial charge is 0.356 e. The van der Waals surface area contributed by atoms with E-state index in [1.165, 1.54) is 0 Å². The van der Waals surface area contributed by atoms with Gasteiger partial charge in [-0.2, -0.15) is 0 Å². The molecule has 0 bridgehead atoms. The molecule has 0 radical (unpaired) electrons. The predicted octanol–water partition coefficient (Wildman–Crippen LogP) is 1.63. The van der Waals surface area contributed by atoms with Crippen molar-refractivity contribution in [1.82, 2.24) is 16.0 Å². The van der Waals surface area contributed by atoms with Gasteiger partial charge in [-0.15, -0.1) is 0 Å². The molecule has 3 amide bonds. The van der Waals surface area contributed by atoms with Gasteiger partial charge in [-0.1, -0.05) is 48.5 Å². The Kier molecular flexibility index (Phi) is 7.92. The molecule has 0 spiro atoms. The molecule has 2 aromatic rings. The van der Waals surface area contributed by atoms with Crippen molar-refractivity contribution >= 4 is 24.0 Å². The molecule has 1 fully saturated rings. The minimum atomic E-state index is -0.863. The molecule has 31 heavy (non-hydrogen) atoms. The smallest absolute Gasteiger partial charge is 0.251 e. The average molecular weight is 421 g/mol. The molecule has 3 atom stereocenters. The summed E-state index contributed by atoms with van der Waals surface area (Å²) in [5, 5.41) is 8.28. The van der Waals surface area contributed by atoms with Crippen LogP contribution in [-0.4, -0.2) is 42.6 Å². The third-order valence-electron chi connectivity index (χ3n) is 5.37. The summed E-state index contributed by atoms with van der Waals surface area (Å²) in [6.45, 7) is 0.637. The average Bonchev–Trinajstić information content (AvgIpc) is 2.80. The van der Waals surface area contributed by atoms with Gasteiger partial charge in [0, 0.05) is 24.4 Å². The van der Waals surface area contributed by atoms with E-state index < -0.39 is 18.0 Å². The van der Waals surface area contributed by atoms with Gasteiger partial charge in [-0.05, 0) is 37.0 Å².